The molecule has 0 saturated carbocycles. The van der Waals surface area contributed by atoms with Crippen LogP contribution in [0.15, 0.2) is 10.7 Å². The van der Waals surface area contributed by atoms with E-state index in [1.165, 1.54) is 0 Å². The number of alkyl halides is 2. The highest BCUT2D eigenvalue weighted by Gasteiger charge is 2.21. The first kappa shape index (κ1) is 12.0. The average Bonchev–Trinajstić information content (AvgIpc) is 2.16. The smallest absolute Gasteiger partial charge is 0.342 e. The summed E-state index contributed by atoms with van der Waals surface area (Å²) in [6.07, 6.45) is -2.85. The molecule has 1 heterocycles. The Morgan fingerprint density at radius 3 is 2.67 bits per heavy atom. The van der Waals surface area contributed by atoms with Gasteiger partial charge in [-0.3, -0.25) is 0 Å². The summed E-state index contributed by atoms with van der Waals surface area (Å²) < 4.78 is 41.7. The van der Waals surface area contributed by atoms with Gasteiger partial charge in [-0.25, -0.2) is 18.6 Å². The molecular weight excluding hydrogens is 279 g/mol. The molecule has 7 heteroatoms. The van der Waals surface area contributed by atoms with E-state index < -0.39 is 29.5 Å². The van der Waals surface area contributed by atoms with E-state index in [1.54, 1.807) is 0 Å². The predicted molar refractivity (Wildman–Crippen MR) is 48.2 cm³/mol. The lowest BCUT2D eigenvalue weighted by molar-refractivity contribution is 0.0593. The lowest BCUT2D eigenvalue weighted by atomic mass is 10.2. The van der Waals surface area contributed by atoms with Crippen LogP contribution in [0.4, 0.5) is 13.2 Å². The summed E-state index contributed by atoms with van der Waals surface area (Å²) in [6, 6.07) is 0.711. The maximum atomic E-state index is 13.0. The van der Waals surface area contributed by atoms with E-state index >= 15 is 0 Å². The van der Waals surface area contributed by atoms with Crippen LogP contribution in [-0.2, 0) is 4.74 Å². The molecule has 82 valence electrons. The van der Waals surface area contributed by atoms with Crippen molar-refractivity contribution in [3.05, 3.63) is 27.7 Å². The number of ether oxygens (including phenoxy) is 1. The van der Waals surface area contributed by atoms with Crippen molar-refractivity contribution in [2.24, 2.45) is 0 Å². The fourth-order valence-electron chi connectivity index (χ4n) is 0.892. The minimum atomic E-state index is -2.85. The number of esters is 1. The summed E-state index contributed by atoms with van der Waals surface area (Å²) in [6.45, 7) is 0. The number of carbonyl (C=O) groups is 1. The Hall–Kier alpha value is -1.11. The maximum Gasteiger partial charge on any atom is 0.342 e. The van der Waals surface area contributed by atoms with Crippen LogP contribution in [0.25, 0.3) is 0 Å². The van der Waals surface area contributed by atoms with Gasteiger partial charge in [0, 0.05) is 0 Å². The molecule has 0 aliphatic heterocycles. The van der Waals surface area contributed by atoms with Crippen molar-refractivity contribution in [3.63, 3.8) is 0 Å². The predicted octanol–water partition coefficient (Wildman–Crippen LogP) is 2.71. The van der Waals surface area contributed by atoms with E-state index in [0.29, 0.717) is 6.07 Å². The molecule has 0 bridgehead atoms. The number of hydrogen-bond donors (Lipinski definition) is 0. The zero-order valence-electron chi connectivity index (χ0n) is 7.43. The Labute approximate surface area is 91.4 Å². The standard InChI is InChI=1S/C8H5BrF3NO2/c1-15-8(14)4-2-3(6(10)11)5(9)13-7(4)12/h2,6H,1H3. The van der Waals surface area contributed by atoms with Crippen molar-refractivity contribution in [1.29, 1.82) is 0 Å². The topological polar surface area (TPSA) is 39.2 Å². The molecule has 0 unspecified atom stereocenters. The zero-order chi connectivity index (χ0) is 11.6. The summed E-state index contributed by atoms with van der Waals surface area (Å²) in [5.74, 6) is -2.20. The van der Waals surface area contributed by atoms with Crippen LogP contribution in [0.5, 0.6) is 0 Å². The van der Waals surface area contributed by atoms with Crippen molar-refractivity contribution >= 4 is 21.9 Å². The van der Waals surface area contributed by atoms with E-state index in [9.17, 15) is 18.0 Å². The van der Waals surface area contributed by atoms with Crippen molar-refractivity contribution in [3.8, 4) is 0 Å². The quantitative estimate of drug-likeness (QED) is 0.619. The first-order valence-electron chi connectivity index (χ1n) is 3.69. The Morgan fingerprint density at radius 1 is 1.60 bits per heavy atom. The number of nitrogens with zero attached hydrogens (tertiary/aromatic N) is 1. The van der Waals surface area contributed by atoms with Gasteiger partial charge >= 0.3 is 5.97 Å². The molecule has 1 aromatic heterocycles. The SMILES string of the molecule is COC(=O)c1cc(C(F)F)c(Br)nc1F. The summed E-state index contributed by atoms with van der Waals surface area (Å²) in [4.78, 5) is 14.1. The second-order valence-electron chi connectivity index (χ2n) is 2.50. The second-order valence-corrected chi connectivity index (χ2v) is 3.25. The Balaban J connectivity index is 3.29. The molecule has 0 N–H and O–H groups in total. The van der Waals surface area contributed by atoms with Gasteiger partial charge in [0.05, 0.1) is 12.7 Å². The summed E-state index contributed by atoms with van der Waals surface area (Å²) >= 11 is 2.67. The monoisotopic (exact) mass is 283 g/mol. The van der Waals surface area contributed by atoms with Gasteiger partial charge in [-0.05, 0) is 22.0 Å². The fourth-order valence-corrected chi connectivity index (χ4v) is 1.33. The molecule has 0 amide bonds. The maximum absolute atomic E-state index is 13.0. The van der Waals surface area contributed by atoms with E-state index in [4.69, 9.17) is 0 Å². The highest BCUT2D eigenvalue weighted by atomic mass is 79.9. The molecule has 0 aromatic carbocycles. The minimum absolute atomic E-state index is 0.331. The minimum Gasteiger partial charge on any atom is -0.465 e. The summed E-state index contributed by atoms with van der Waals surface area (Å²) in [7, 11) is 1.02. The third-order valence-electron chi connectivity index (χ3n) is 1.60. The number of rotatable bonds is 2. The fraction of sp³-hybridized carbons (Fsp3) is 0.250. The molecule has 1 aromatic rings. The van der Waals surface area contributed by atoms with Gasteiger partial charge in [-0.2, -0.15) is 4.39 Å². The van der Waals surface area contributed by atoms with Crippen LogP contribution in [0.3, 0.4) is 0 Å². The molecule has 0 aliphatic rings. The number of carbonyl (C=O) groups excluding carboxylic acids is 1. The molecule has 0 spiro atoms. The molecular formula is C8H5BrF3NO2. The number of hydrogen-bond acceptors (Lipinski definition) is 3. The van der Waals surface area contributed by atoms with Crippen LogP contribution in [0.2, 0.25) is 0 Å². The third kappa shape index (κ3) is 2.47. The van der Waals surface area contributed by atoms with Gasteiger partial charge in [-0.15, -0.1) is 0 Å². The Kier molecular flexibility index (Phi) is 3.67. The number of methoxy groups -OCH3 is 1. The van der Waals surface area contributed by atoms with Gasteiger partial charge in [0.2, 0.25) is 5.95 Å². The van der Waals surface area contributed by atoms with Gasteiger partial charge in [-0.1, -0.05) is 0 Å². The molecule has 0 radical (unpaired) electrons. The Bertz CT molecular complexity index is 398. The lowest BCUT2D eigenvalue weighted by Gasteiger charge is -2.06. The second kappa shape index (κ2) is 4.61. The highest BCUT2D eigenvalue weighted by Crippen LogP contribution is 2.27. The van der Waals surface area contributed by atoms with Gasteiger partial charge < -0.3 is 4.74 Å². The Morgan fingerprint density at radius 2 is 2.20 bits per heavy atom. The van der Waals surface area contributed by atoms with E-state index in [0.717, 1.165) is 7.11 Å². The van der Waals surface area contributed by atoms with Crippen LogP contribution in [0, 0.1) is 5.95 Å². The number of aromatic nitrogens is 1. The molecule has 0 saturated heterocycles. The molecule has 0 fully saturated rings. The zero-order valence-corrected chi connectivity index (χ0v) is 9.02. The van der Waals surface area contributed by atoms with Crippen LogP contribution >= 0.6 is 15.9 Å². The summed E-state index contributed by atoms with van der Waals surface area (Å²) in [5, 5.41) is 0. The first-order valence-corrected chi connectivity index (χ1v) is 4.49. The van der Waals surface area contributed by atoms with Gasteiger partial charge in [0.15, 0.2) is 0 Å². The molecule has 0 atom stereocenters. The van der Waals surface area contributed by atoms with Crippen molar-refractivity contribution < 1.29 is 22.7 Å². The van der Waals surface area contributed by atoms with Crippen molar-refractivity contribution in [1.82, 2.24) is 4.98 Å². The van der Waals surface area contributed by atoms with Crippen LogP contribution < -0.4 is 0 Å². The van der Waals surface area contributed by atoms with Gasteiger partial charge in [0.25, 0.3) is 6.43 Å². The third-order valence-corrected chi connectivity index (χ3v) is 2.23. The molecule has 3 nitrogen and oxygen atoms in total. The molecule has 0 aliphatic carbocycles. The van der Waals surface area contributed by atoms with E-state index in [1.807, 2.05) is 0 Å². The molecule has 15 heavy (non-hydrogen) atoms. The summed E-state index contributed by atoms with van der Waals surface area (Å²) in [5.41, 5.74) is -1.17. The largest absolute Gasteiger partial charge is 0.465 e. The number of halogens is 4. The van der Waals surface area contributed by atoms with E-state index in [-0.39, 0.29) is 4.60 Å². The van der Waals surface area contributed by atoms with Crippen LogP contribution in [0.1, 0.15) is 22.3 Å². The van der Waals surface area contributed by atoms with E-state index in [2.05, 4.69) is 25.7 Å². The highest BCUT2D eigenvalue weighted by molar-refractivity contribution is 9.10. The van der Waals surface area contributed by atoms with Crippen molar-refractivity contribution in [2.75, 3.05) is 7.11 Å². The van der Waals surface area contributed by atoms with Gasteiger partial charge in [0.1, 0.15) is 10.2 Å². The van der Waals surface area contributed by atoms with Crippen LogP contribution in [-0.4, -0.2) is 18.1 Å². The average molecular weight is 284 g/mol. The number of pyridine rings is 1. The lowest BCUT2D eigenvalue weighted by Crippen LogP contribution is -2.08. The normalized spacial score (nSPS) is 10.5. The molecule has 1 rings (SSSR count). The first-order chi connectivity index (χ1) is 6.97. The van der Waals surface area contributed by atoms with Crippen molar-refractivity contribution in [2.45, 2.75) is 6.43 Å².